The molecule has 3 aliphatic rings. The standard InChI is InChI=1S/C12H20N2O2/c1-8-10-6-13-5-9(10)7-14(8)12(15)11-3-2-4-16-11/h8-11,13H,2-7H2,1H3/t8?,9?,10?,11-/m1/s1. The van der Waals surface area contributed by atoms with Gasteiger partial charge in [-0.25, -0.2) is 0 Å². The Labute approximate surface area is 96.3 Å². The van der Waals surface area contributed by atoms with Crippen LogP contribution in [0.5, 0.6) is 0 Å². The molecule has 3 saturated heterocycles. The summed E-state index contributed by atoms with van der Waals surface area (Å²) in [5, 5.41) is 3.41. The predicted molar refractivity (Wildman–Crippen MR) is 60.0 cm³/mol. The molecule has 3 fully saturated rings. The average molecular weight is 224 g/mol. The molecule has 0 aliphatic carbocycles. The minimum absolute atomic E-state index is 0.144. The lowest BCUT2D eigenvalue weighted by molar-refractivity contribution is -0.141. The molecule has 3 rings (SSSR count). The Bertz CT molecular complexity index is 289. The summed E-state index contributed by atoms with van der Waals surface area (Å²) in [6, 6.07) is 0.386. The van der Waals surface area contributed by atoms with Crippen molar-refractivity contribution in [1.29, 1.82) is 0 Å². The zero-order chi connectivity index (χ0) is 11.1. The molecular formula is C12H20N2O2. The average Bonchev–Trinajstić information content (AvgIpc) is 2.95. The summed E-state index contributed by atoms with van der Waals surface area (Å²) < 4.78 is 5.49. The van der Waals surface area contributed by atoms with Crippen LogP contribution < -0.4 is 5.32 Å². The lowest BCUT2D eigenvalue weighted by Gasteiger charge is -2.26. The fraction of sp³-hybridized carbons (Fsp3) is 0.917. The third kappa shape index (κ3) is 1.55. The van der Waals surface area contributed by atoms with Crippen LogP contribution in [-0.4, -0.2) is 49.2 Å². The van der Waals surface area contributed by atoms with Gasteiger partial charge in [0.2, 0.25) is 0 Å². The van der Waals surface area contributed by atoms with Crippen LogP contribution in [0.4, 0.5) is 0 Å². The molecule has 4 heteroatoms. The van der Waals surface area contributed by atoms with Crippen LogP contribution in [-0.2, 0) is 9.53 Å². The lowest BCUT2D eigenvalue weighted by atomic mass is 9.95. The van der Waals surface area contributed by atoms with Gasteiger partial charge in [0.1, 0.15) is 6.10 Å². The van der Waals surface area contributed by atoms with Gasteiger partial charge in [-0.2, -0.15) is 0 Å². The number of hydrogen-bond donors (Lipinski definition) is 1. The first-order valence-corrected chi connectivity index (χ1v) is 6.40. The third-order valence-electron chi connectivity index (χ3n) is 4.42. The molecule has 16 heavy (non-hydrogen) atoms. The first-order valence-electron chi connectivity index (χ1n) is 6.40. The highest BCUT2D eigenvalue weighted by molar-refractivity contribution is 5.81. The number of carbonyl (C=O) groups excluding carboxylic acids is 1. The molecule has 1 amide bonds. The summed E-state index contributed by atoms with van der Waals surface area (Å²) in [5.74, 6) is 1.56. The smallest absolute Gasteiger partial charge is 0.251 e. The number of fused-ring (bicyclic) bond motifs is 1. The molecule has 90 valence electrons. The van der Waals surface area contributed by atoms with Crippen molar-refractivity contribution < 1.29 is 9.53 Å². The van der Waals surface area contributed by atoms with Gasteiger partial charge in [-0.15, -0.1) is 0 Å². The molecule has 0 aromatic rings. The van der Waals surface area contributed by atoms with E-state index in [1.54, 1.807) is 0 Å². The maximum atomic E-state index is 12.3. The lowest BCUT2D eigenvalue weighted by Crippen LogP contribution is -2.43. The second-order valence-corrected chi connectivity index (χ2v) is 5.32. The number of nitrogens with zero attached hydrogens (tertiary/aromatic N) is 1. The quantitative estimate of drug-likeness (QED) is 0.693. The minimum atomic E-state index is -0.144. The van der Waals surface area contributed by atoms with Gasteiger partial charge in [0.05, 0.1) is 0 Å². The summed E-state index contributed by atoms with van der Waals surface area (Å²) in [4.78, 5) is 14.3. The highest BCUT2D eigenvalue weighted by Gasteiger charge is 2.45. The van der Waals surface area contributed by atoms with E-state index < -0.39 is 0 Å². The SMILES string of the molecule is CC1C2CNCC2CN1C(=O)[C@H]1CCCO1. The van der Waals surface area contributed by atoms with Gasteiger partial charge >= 0.3 is 0 Å². The highest BCUT2D eigenvalue weighted by Crippen LogP contribution is 2.33. The molecule has 4 atom stereocenters. The maximum absolute atomic E-state index is 12.3. The number of likely N-dealkylation sites (tertiary alicyclic amines) is 1. The number of hydrogen-bond acceptors (Lipinski definition) is 3. The fourth-order valence-electron chi connectivity index (χ4n) is 3.42. The summed E-state index contributed by atoms with van der Waals surface area (Å²) in [7, 11) is 0. The Hall–Kier alpha value is -0.610. The summed E-state index contributed by atoms with van der Waals surface area (Å²) in [6.45, 7) is 6.01. The molecule has 3 unspecified atom stereocenters. The number of nitrogens with one attached hydrogen (secondary N) is 1. The van der Waals surface area contributed by atoms with Gasteiger partial charge in [-0.3, -0.25) is 4.79 Å². The Morgan fingerprint density at radius 3 is 3.00 bits per heavy atom. The van der Waals surface area contributed by atoms with E-state index in [2.05, 4.69) is 17.1 Å². The topological polar surface area (TPSA) is 41.6 Å². The predicted octanol–water partition coefficient (Wildman–Crippen LogP) is 0.232. The van der Waals surface area contributed by atoms with E-state index in [9.17, 15) is 4.79 Å². The van der Waals surface area contributed by atoms with Crippen LogP contribution in [0.2, 0.25) is 0 Å². The van der Waals surface area contributed by atoms with E-state index in [1.165, 1.54) is 0 Å². The van der Waals surface area contributed by atoms with Gasteiger partial charge in [0.25, 0.3) is 5.91 Å². The van der Waals surface area contributed by atoms with E-state index in [-0.39, 0.29) is 12.0 Å². The van der Waals surface area contributed by atoms with Crippen molar-refractivity contribution in [3.05, 3.63) is 0 Å². The number of amides is 1. The maximum Gasteiger partial charge on any atom is 0.251 e. The van der Waals surface area contributed by atoms with Gasteiger partial charge in [0, 0.05) is 32.3 Å². The van der Waals surface area contributed by atoms with Crippen LogP contribution in [0.1, 0.15) is 19.8 Å². The van der Waals surface area contributed by atoms with Crippen molar-refractivity contribution in [2.75, 3.05) is 26.2 Å². The van der Waals surface area contributed by atoms with Gasteiger partial charge < -0.3 is 15.0 Å². The van der Waals surface area contributed by atoms with Crippen molar-refractivity contribution in [1.82, 2.24) is 10.2 Å². The third-order valence-corrected chi connectivity index (χ3v) is 4.42. The molecule has 3 heterocycles. The second kappa shape index (κ2) is 4.00. The van der Waals surface area contributed by atoms with Crippen LogP contribution in [0.3, 0.4) is 0 Å². The van der Waals surface area contributed by atoms with Gasteiger partial charge in [0.15, 0.2) is 0 Å². The Morgan fingerprint density at radius 2 is 2.31 bits per heavy atom. The number of ether oxygens (including phenoxy) is 1. The molecule has 0 aromatic carbocycles. The molecule has 0 spiro atoms. The van der Waals surface area contributed by atoms with Gasteiger partial charge in [-0.1, -0.05) is 0 Å². The zero-order valence-corrected chi connectivity index (χ0v) is 9.82. The zero-order valence-electron chi connectivity index (χ0n) is 9.82. The first-order chi connectivity index (χ1) is 7.77. The van der Waals surface area contributed by atoms with E-state index in [0.717, 1.165) is 39.1 Å². The molecule has 0 radical (unpaired) electrons. The largest absolute Gasteiger partial charge is 0.368 e. The van der Waals surface area contributed by atoms with Crippen LogP contribution in [0.25, 0.3) is 0 Å². The Balaban J connectivity index is 1.69. The Kier molecular flexibility index (Phi) is 2.64. The molecule has 0 bridgehead atoms. The molecular weight excluding hydrogens is 204 g/mol. The van der Waals surface area contributed by atoms with E-state index in [0.29, 0.717) is 17.9 Å². The highest BCUT2D eigenvalue weighted by atomic mass is 16.5. The summed E-state index contributed by atoms with van der Waals surface area (Å²) in [6.07, 6.45) is 1.80. The molecule has 4 nitrogen and oxygen atoms in total. The first kappa shape index (κ1) is 10.5. The monoisotopic (exact) mass is 224 g/mol. The van der Waals surface area contributed by atoms with Crippen molar-refractivity contribution in [3.63, 3.8) is 0 Å². The number of rotatable bonds is 1. The van der Waals surface area contributed by atoms with E-state index in [1.807, 2.05) is 0 Å². The molecule has 0 aromatic heterocycles. The normalized spacial score (nSPS) is 42.7. The number of carbonyl (C=O) groups is 1. The second-order valence-electron chi connectivity index (χ2n) is 5.32. The summed E-state index contributed by atoms with van der Waals surface area (Å²) in [5.41, 5.74) is 0. The summed E-state index contributed by atoms with van der Waals surface area (Å²) >= 11 is 0. The van der Waals surface area contributed by atoms with E-state index in [4.69, 9.17) is 4.74 Å². The molecule has 0 saturated carbocycles. The minimum Gasteiger partial charge on any atom is -0.368 e. The van der Waals surface area contributed by atoms with Crippen molar-refractivity contribution in [2.24, 2.45) is 11.8 Å². The Morgan fingerprint density at radius 1 is 1.44 bits per heavy atom. The van der Waals surface area contributed by atoms with Crippen LogP contribution in [0, 0.1) is 11.8 Å². The van der Waals surface area contributed by atoms with Crippen molar-refractivity contribution in [3.8, 4) is 0 Å². The van der Waals surface area contributed by atoms with Crippen molar-refractivity contribution in [2.45, 2.75) is 31.9 Å². The fourth-order valence-corrected chi connectivity index (χ4v) is 3.42. The van der Waals surface area contributed by atoms with Crippen LogP contribution >= 0.6 is 0 Å². The van der Waals surface area contributed by atoms with Crippen LogP contribution in [0.15, 0.2) is 0 Å². The van der Waals surface area contributed by atoms with Crippen molar-refractivity contribution >= 4 is 5.91 Å². The van der Waals surface area contributed by atoms with Gasteiger partial charge in [-0.05, 0) is 31.6 Å². The van der Waals surface area contributed by atoms with E-state index >= 15 is 0 Å². The molecule has 1 N–H and O–H groups in total. The molecule has 3 aliphatic heterocycles.